The van der Waals surface area contributed by atoms with Gasteiger partial charge in [0.05, 0.1) is 6.61 Å². The fourth-order valence-electron chi connectivity index (χ4n) is 2.26. The van der Waals surface area contributed by atoms with Gasteiger partial charge in [-0.3, -0.25) is 4.79 Å². The summed E-state index contributed by atoms with van der Waals surface area (Å²) in [7, 11) is -2.14. The number of carbonyl (C=O) groups excluding carboxylic acids is 1. The molecule has 2 rings (SSSR count). The monoisotopic (exact) mass is 330 g/mol. The second kappa shape index (κ2) is 7.73. The number of nitrogens with one attached hydrogen (secondary N) is 4. The molecule has 1 aliphatic heterocycles. The van der Waals surface area contributed by atoms with Crippen LogP contribution in [0.3, 0.4) is 0 Å². The first-order valence-corrected chi connectivity index (χ1v) is 8.70. The van der Waals surface area contributed by atoms with Crippen LogP contribution in [-0.4, -0.2) is 58.7 Å². The molecular formula is C13H22N4O4S. The first-order valence-electron chi connectivity index (χ1n) is 7.21. The Kier molecular flexibility index (Phi) is 5.95. The molecule has 0 aromatic carbocycles. The molecule has 0 spiro atoms. The summed E-state index contributed by atoms with van der Waals surface area (Å²) in [6.07, 6.45) is 3.24. The fourth-order valence-corrected chi connectivity index (χ4v) is 3.27. The maximum atomic E-state index is 12.1. The van der Waals surface area contributed by atoms with E-state index >= 15 is 0 Å². The molecule has 0 radical (unpaired) electrons. The van der Waals surface area contributed by atoms with Crippen LogP contribution in [-0.2, 0) is 14.8 Å². The Hall–Kier alpha value is -1.42. The first-order chi connectivity index (χ1) is 10.5. The van der Waals surface area contributed by atoms with Gasteiger partial charge in [-0.15, -0.1) is 0 Å². The number of rotatable bonds is 7. The van der Waals surface area contributed by atoms with Crippen molar-refractivity contribution < 1.29 is 17.9 Å². The zero-order valence-electron chi connectivity index (χ0n) is 12.5. The van der Waals surface area contributed by atoms with Gasteiger partial charge in [0.1, 0.15) is 10.6 Å². The predicted octanol–water partition coefficient (Wildman–Crippen LogP) is -0.579. The Morgan fingerprint density at radius 1 is 1.50 bits per heavy atom. The summed E-state index contributed by atoms with van der Waals surface area (Å²) in [6, 6.07) is 1.41. The van der Waals surface area contributed by atoms with Gasteiger partial charge in [0.15, 0.2) is 0 Å². The molecule has 1 aromatic heterocycles. The average Bonchev–Trinajstić information content (AvgIpc) is 2.99. The van der Waals surface area contributed by atoms with Crippen molar-refractivity contribution in [2.45, 2.75) is 23.8 Å². The first kappa shape index (κ1) is 16.9. The van der Waals surface area contributed by atoms with E-state index in [-0.39, 0.29) is 35.7 Å². The van der Waals surface area contributed by atoms with E-state index in [4.69, 9.17) is 4.74 Å². The van der Waals surface area contributed by atoms with Crippen molar-refractivity contribution in [2.75, 3.05) is 33.4 Å². The quantitative estimate of drug-likeness (QED) is 0.500. The molecule has 124 valence electrons. The normalized spacial score (nSPS) is 19.0. The molecule has 1 aliphatic rings. The summed E-state index contributed by atoms with van der Waals surface area (Å²) in [5, 5.41) is 6.09. The molecule has 22 heavy (non-hydrogen) atoms. The van der Waals surface area contributed by atoms with Crippen LogP contribution in [0.25, 0.3) is 0 Å². The number of hydrogen-bond acceptors (Lipinski definition) is 5. The zero-order valence-corrected chi connectivity index (χ0v) is 13.3. The summed E-state index contributed by atoms with van der Waals surface area (Å²) in [5.41, 5.74) is 0.234. The van der Waals surface area contributed by atoms with Crippen LogP contribution in [0.4, 0.5) is 0 Å². The molecule has 9 heteroatoms. The van der Waals surface area contributed by atoms with Gasteiger partial charge in [0, 0.05) is 32.4 Å². The highest BCUT2D eigenvalue weighted by Crippen LogP contribution is 2.11. The van der Waals surface area contributed by atoms with Gasteiger partial charge >= 0.3 is 0 Å². The van der Waals surface area contributed by atoms with E-state index in [9.17, 15) is 13.2 Å². The van der Waals surface area contributed by atoms with Crippen LogP contribution in [0.15, 0.2) is 17.2 Å². The minimum Gasteiger partial charge on any atom is -0.383 e. The molecule has 8 nitrogen and oxygen atoms in total. The Labute approximate surface area is 130 Å². The zero-order chi connectivity index (χ0) is 16.0. The largest absolute Gasteiger partial charge is 0.383 e. The standard InChI is InChI=1S/C13H22N4O4S/c1-21-6-5-16-22(19,20)11-7-12(15-9-11)13(18)17-10-3-2-4-14-8-10/h7,9-10,14-16H,2-6,8H2,1H3,(H,17,18)/t10-/m0/s1. The molecule has 0 unspecified atom stereocenters. The third-order valence-corrected chi connectivity index (χ3v) is 4.88. The fraction of sp³-hybridized carbons (Fsp3) is 0.615. The second-order valence-electron chi connectivity index (χ2n) is 5.16. The molecule has 0 bridgehead atoms. The molecule has 2 heterocycles. The number of carbonyl (C=O) groups is 1. The molecule has 0 saturated carbocycles. The molecule has 1 saturated heterocycles. The van der Waals surface area contributed by atoms with E-state index in [2.05, 4.69) is 20.3 Å². The number of sulfonamides is 1. The minimum absolute atomic E-state index is 0.0375. The Balaban J connectivity index is 1.96. The van der Waals surface area contributed by atoms with E-state index < -0.39 is 10.0 Å². The van der Waals surface area contributed by atoms with Crippen molar-refractivity contribution in [3.05, 3.63) is 18.0 Å². The van der Waals surface area contributed by atoms with Crippen molar-refractivity contribution in [2.24, 2.45) is 0 Å². The van der Waals surface area contributed by atoms with Gasteiger partial charge < -0.3 is 20.4 Å². The predicted molar refractivity (Wildman–Crippen MR) is 81.2 cm³/mol. The van der Waals surface area contributed by atoms with Crippen molar-refractivity contribution in [1.82, 2.24) is 20.3 Å². The molecule has 1 aromatic rings. The number of amides is 1. The highest BCUT2D eigenvalue weighted by atomic mass is 32.2. The van der Waals surface area contributed by atoms with E-state index in [1.807, 2.05) is 0 Å². The average molecular weight is 330 g/mol. The number of aromatic nitrogens is 1. The number of hydrogen-bond donors (Lipinski definition) is 4. The summed E-state index contributed by atoms with van der Waals surface area (Å²) in [4.78, 5) is 14.9. The lowest BCUT2D eigenvalue weighted by atomic mass is 10.1. The molecule has 1 amide bonds. The third-order valence-electron chi connectivity index (χ3n) is 3.44. The number of ether oxygens (including phenoxy) is 1. The van der Waals surface area contributed by atoms with Crippen LogP contribution in [0.5, 0.6) is 0 Å². The molecule has 1 atom stereocenters. The highest BCUT2D eigenvalue weighted by molar-refractivity contribution is 7.89. The number of H-pyrrole nitrogens is 1. The molecule has 0 aliphatic carbocycles. The van der Waals surface area contributed by atoms with Gasteiger partial charge in [-0.05, 0) is 25.5 Å². The van der Waals surface area contributed by atoms with Crippen LogP contribution < -0.4 is 15.4 Å². The summed E-state index contributed by atoms with van der Waals surface area (Å²) < 4.78 is 31.2. The molecule has 4 N–H and O–H groups in total. The second-order valence-corrected chi connectivity index (χ2v) is 6.92. The van der Waals surface area contributed by atoms with E-state index in [0.29, 0.717) is 0 Å². The lowest BCUT2D eigenvalue weighted by Crippen LogP contribution is -2.45. The van der Waals surface area contributed by atoms with E-state index in [1.165, 1.54) is 19.4 Å². The van der Waals surface area contributed by atoms with Gasteiger partial charge in [0.25, 0.3) is 5.91 Å². The Morgan fingerprint density at radius 3 is 3.00 bits per heavy atom. The van der Waals surface area contributed by atoms with Crippen LogP contribution in [0.2, 0.25) is 0 Å². The maximum Gasteiger partial charge on any atom is 0.267 e. The topological polar surface area (TPSA) is 112 Å². The van der Waals surface area contributed by atoms with E-state index in [1.54, 1.807) is 0 Å². The maximum absolute atomic E-state index is 12.1. The lowest BCUT2D eigenvalue weighted by molar-refractivity contribution is 0.0926. The van der Waals surface area contributed by atoms with Gasteiger partial charge in [-0.2, -0.15) is 0 Å². The third kappa shape index (κ3) is 4.54. The summed E-state index contributed by atoms with van der Waals surface area (Å²) >= 11 is 0. The number of aromatic amines is 1. The summed E-state index contributed by atoms with van der Waals surface area (Å²) in [5.74, 6) is -0.299. The minimum atomic E-state index is -3.63. The number of piperidine rings is 1. The Bertz CT molecular complexity index is 593. The van der Waals surface area contributed by atoms with Gasteiger partial charge in [0.2, 0.25) is 10.0 Å². The van der Waals surface area contributed by atoms with E-state index in [0.717, 1.165) is 25.9 Å². The molecular weight excluding hydrogens is 308 g/mol. The van der Waals surface area contributed by atoms with Crippen molar-refractivity contribution in [1.29, 1.82) is 0 Å². The lowest BCUT2D eigenvalue weighted by Gasteiger charge is -2.23. The van der Waals surface area contributed by atoms with Crippen LogP contribution in [0, 0.1) is 0 Å². The van der Waals surface area contributed by atoms with Crippen molar-refractivity contribution >= 4 is 15.9 Å². The van der Waals surface area contributed by atoms with Gasteiger partial charge in [-0.25, -0.2) is 13.1 Å². The summed E-state index contributed by atoms with van der Waals surface area (Å²) in [6.45, 7) is 2.16. The van der Waals surface area contributed by atoms with Crippen LogP contribution >= 0.6 is 0 Å². The van der Waals surface area contributed by atoms with Crippen molar-refractivity contribution in [3.8, 4) is 0 Å². The smallest absolute Gasteiger partial charge is 0.267 e. The molecule has 1 fully saturated rings. The Morgan fingerprint density at radius 2 is 2.32 bits per heavy atom. The van der Waals surface area contributed by atoms with Crippen LogP contribution in [0.1, 0.15) is 23.3 Å². The SMILES string of the molecule is COCCNS(=O)(=O)c1c[nH]c(C(=O)N[C@H]2CCCNC2)c1. The van der Waals surface area contributed by atoms with Crippen molar-refractivity contribution in [3.63, 3.8) is 0 Å². The van der Waals surface area contributed by atoms with Gasteiger partial charge in [-0.1, -0.05) is 0 Å². The highest BCUT2D eigenvalue weighted by Gasteiger charge is 2.20. The number of methoxy groups -OCH3 is 1.